The van der Waals surface area contributed by atoms with Crippen LogP contribution in [-0.4, -0.2) is 39.6 Å². The van der Waals surface area contributed by atoms with Crippen molar-refractivity contribution in [3.05, 3.63) is 47.8 Å². The smallest absolute Gasteiger partial charge is 0.147 e. The van der Waals surface area contributed by atoms with Gasteiger partial charge < -0.3 is 14.8 Å². The lowest BCUT2D eigenvalue weighted by atomic mass is 9.96. The maximum Gasteiger partial charge on any atom is 0.147 e. The van der Waals surface area contributed by atoms with E-state index < -0.39 is 0 Å². The van der Waals surface area contributed by atoms with Gasteiger partial charge in [-0.2, -0.15) is 0 Å². The molecular formula is C20H27FN4. The zero-order valence-electron chi connectivity index (χ0n) is 15.1. The summed E-state index contributed by atoms with van der Waals surface area (Å²) >= 11 is 0. The topological polar surface area (TPSA) is 33.1 Å². The molecule has 5 heteroatoms. The number of hydrogen-bond acceptors (Lipinski definition) is 3. The molecule has 2 aliphatic heterocycles. The van der Waals surface area contributed by atoms with Crippen LogP contribution in [0.5, 0.6) is 0 Å². The standard InChI is InChI=1S/C20H27FN4/c1-14(23-17-7-10-24-9-3-4-18(24)13-17)16-5-6-20(19(21)12-16)25-11-8-22-15(25)2/h5-6,8,11-12,14,17-18,23H,3-4,7,9-10,13H2,1-2H3. The molecule has 0 radical (unpaired) electrons. The molecule has 0 bridgehead atoms. The van der Waals surface area contributed by atoms with Gasteiger partial charge in [-0.15, -0.1) is 0 Å². The van der Waals surface area contributed by atoms with E-state index in [1.54, 1.807) is 23.0 Å². The van der Waals surface area contributed by atoms with Gasteiger partial charge in [0.25, 0.3) is 0 Å². The van der Waals surface area contributed by atoms with Crippen molar-refractivity contribution in [1.82, 2.24) is 19.8 Å². The minimum atomic E-state index is -0.196. The normalized spacial score (nSPS) is 25.1. The molecule has 25 heavy (non-hydrogen) atoms. The molecule has 0 spiro atoms. The maximum absolute atomic E-state index is 14.6. The minimum Gasteiger partial charge on any atom is -0.307 e. The highest BCUT2D eigenvalue weighted by molar-refractivity contribution is 5.38. The van der Waals surface area contributed by atoms with Gasteiger partial charge in [-0.3, -0.25) is 0 Å². The Kier molecular flexibility index (Phi) is 4.61. The molecule has 2 fully saturated rings. The van der Waals surface area contributed by atoms with Crippen molar-refractivity contribution in [3.8, 4) is 5.69 Å². The summed E-state index contributed by atoms with van der Waals surface area (Å²) < 4.78 is 16.4. The number of hydrogen-bond donors (Lipinski definition) is 1. The summed E-state index contributed by atoms with van der Waals surface area (Å²) in [4.78, 5) is 6.81. The summed E-state index contributed by atoms with van der Waals surface area (Å²) in [6.07, 6.45) is 8.58. The van der Waals surface area contributed by atoms with E-state index in [1.807, 2.05) is 19.1 Å². The Morgan fingerprint density at radius 3 is 2.92 bits per heavy atom. The van der Waals surface area contributed by atoms with Crippen LogP contribution in [0, 0.1) is 12.7 Å². The van der Waals surface area contributed by atoms with Gasteiger partial charge in [-0.05, 0) is 70.3 Å². The van der Waals surface area contributed by atoms with E-state index in [2.05, 4.69) is 22.1 Å². The SMILES string of the molecule is Cc1nccn1-c1ccc(C(C)NC2CCN3CCCC3C2)cc1F. The molecule has 3 atom stereocenters. The van der Waals surface area contributed by atoms with Crippen molar-refractivity contribution in [2.45, 2.75) is 57.7 Å². The fourth-order valence-corrected chi connectivity index (χ4v) is 4.45. The van der Waals surface area contributed by atoms with Gasteiger partial charge in [-0.1, -0.05) is 6.07 Å². The number of piperidine rings is 1. The molecule has 2 aromatic rings. The third kappa shape index (κ3) is 3.35. The molecule has 2 saturated heterocycles. The van der Waals surface area contributed by atoms with E-state index in [0.717, 1.165) is 17.4 Å². The number of aromatic nitrogens is 2. The largest absolute Gasteiger partial charge is 0.307 e. The Bertz CT molecular complexity index is 741. The first-order valence-electron chi connectivity index (χ1n) is 9.41. The van der Waals surface area contributed by atoms with E-state index in [1.165, 1.54) is 38.8 Å². The molecule has 1 aromatic heterocycles. The fourth-order valence-electron chi connectivity index (χ4n) is 4.45. The molecule has 3 heterocycles. The molecule has 4 rings (SSSR count). The van der Waals surface area contributed by atoms with Crippen LogP contribution in [0.4, 0.5) is 4.39 Å². The molecule has 4 nitrogen and oxygen atoms in total. The van der Waals surface area contributed by atoms with E-state index in [0.29, 0.717) is 11.7 Å². The number of benzene rings is 1. The fraction of sp³-hybridized carbons (Fsp3) is 0.550. The molecule has 2 aliphatic rings. The van der Waals surface area contributed by atoms with Gasteiger partial charge in [0.05, 0.1) is 5.69 Å². The van der Waals surface area contributed by atoms with Gasteiger partial charge >= 0.3 is 0 Å². The highest BCUT2D eigenvalue weighted by atomic mass is 19.1. The molecule has 1 N–H and O–H groups in total. The average Bonchev–Trinajstić information content (AvgIpc) is 3.23. The lowest BCUT2D eigenvalue weighted by Gasteiger charge is -2.36. The highest BCUT2D eigenvalue weighted by Gasteiger charge is 2.32. The van der Waals surface area contributed by atoms with Crippen LogP contribution >= 0.6 is 0 Å². The number of halogens is 1. The lowest BCUT2D eigenvalue weighted by Crippen LogP contribution is -2.46. The van der Waals surface area contributed by atoms with Gasteiger partial charge in [0.15, 0.2) is 0 Å². The Hall–Kier alpha value is -1.72. The van der Waals surface area contributed by atoms with E-state index in [4.69, 9.17) is 0 Å². The first kappa shape index (κ1) is 16.7. The molecule has 134 valence electrons. The van der Waals surface area contributed by atoms with Crippen molar-refractivity contribution >= 4 is 0 Å². The summed E-state index contributed by atoms with van der Waals surface area (Å²) in [5.41, 5.74) is 1.57. The second-order valence-corrected chi connectivity index (χ2v) is 7.50. The van der Waals surface area contributed by atoms with Crippen molar-refractivity contribution < 1.29 is 4.39 Å². The number of imidazole rings is 1. The van der Waals surface area contributed by atoms with Crippen molar-refractivity contribution in [3.63, 3.8) is 0 Å². The van der Waals surface area contributed by atoms with Gasteiger partial charge in [0.1, 0.15) is 11.6 Å². The second kappa shape index (κ2) is 6.89. The maximum atomic E-state index is 14.6. The van der Waals surface area contributed by atoms with Crippen LogP contribution in [0.1, 0.15) is 50.0 Å². The third-order valence-corrected chi connectivity index (χ3v) is 5.86. The van der Waals surface area contributed by atoms with Gasteiger partial charge in [0.2, 0.25) is 0 Å². The number of fused-ring (bicyclic) bond motifs is 1. The number of aryl methyl sites for hydroxylation is 1. The minimum absolute atomic E-state index is 0.158. The van der Waals surface area contributed by atoms with E-state index >= 15 is 0 Å². The summed E-state index contributed by atoms with van der Waals surface area (Å²) in [7, 11) is 0. The summed E-state index contributed by atoms with van der Waals surface area (Å²) in [5, 5.41) is 3.73. The molecule has 3 unspecified atom stereocenters. The van der Waals surface area contributed by atoms with E-state index in [9.17, 15) is 4.39 Å². The average molecular weight is 342 g/mol. The molecular weight excluding hydrogens is 315 g/mol. The summed E-state index contributed by atoms with van der Waals surface area (Å²) in [5.74, 6) is 0.596. The quantitative estimate of drug-likeness (QED) is 0.922. The second-order valence-electron chi connectivity index (χ2n) is 7.50. The Labute approximate surface area is 149 Å². The van der Waals surface area contributed by atoms with Crippen molar-refractivity contribution in [2.75, 3.05) is 13.1 Å². The monoisotopic (exact) mass is 342 g/mol. The van der Waals surface area contributed by atoms with Crippen LogP contribution in [0.2, 0.25) is 0 Å². The van der Waals surface area contributed by atoms with Gasteiger partial charge in [-0.25, -0.2) is 9.37 Å². The number of nitrogens with zero attached hydrogens (tertiary/aromatic N) is 3. The molecule has 1 aromatic carbocycles. The molecule has 0 amide bonds. The van der Waals surface area contributed by atoms with Crippen LogP contribution in [-0.2, 0) is 0 Å². The number of rotatable bonds is 4. The Balaban J connectivity index is 1.44. The van der Waals surface area contributed by atoms with Crippen LogP contribution < -0.4 is 5.32 Å². The predicted octanol–water partition coefficient (Wildman–Crippen LogP) is 3.60. The van der Waals surface area contributed by atoms with E-state index in [-0.39, 0.29) is 11.9 Å². The van der Waals surface area contributed by atoms with Gasteiger partial charge in [0, 0.05) is 30.5 Å². The van der Waals surface area contributed by atoms with Crippen LogP contribution in [0.25, 0.3) is 5.69 Å². The Morgan fingerprint density at radius 2 is 2.16 bits per heavy atom. The van der Waals surface area contributed by atoms with Crippen LogP contribution in [0.15, 0.2) is 30.6 Å². The predicted molar refractivity (Wildman–Crippen MR) is 97.4 cm³/mol. The molecule has 0 aliphatic carbocycles. The Morgan fingerprint density at radius 1 is 1.28 bits per heavy atom. The number of nitrogens with one attached hydrogen (secondary N) is 1. The highest BCUT2D eigenvalue weighted by Crippen LogP contribution is 2.28. The van der Waals surface area contributed by atoms with Crippen molar-refractivity contribution in [1.29, 1.82) is 0 Å². The zero-order chi connectivity index (χ0) is 17.4. The lowest BCUT2D eigenvalue weighted by molar-refractivity contribution is 0.162. The third-order valence-electron chi connectivity index (χ3n) is 5.86. The first-order chi connectivity index (χ1) is 12.1. The van der Waals surface area contributed by atoms with Crippen LogP contribution in [0.3, 0.4) is 0 Å². The zero-order valence-corrected chi connectivity index (χ0v) is 15.1. The van der Waals surface area contributed by atoms with Crippen molar-refractivity contribution in [2.24, 2.45) is 0 Å². The first-order valence-corrected chi connectivity index (χ1v) is 9.41. The summed E-state index contributed by atoms with van der Waals surface area (Å²) in [6.45, 7) is 6.49. The summed E-state index contributed by atoms with van der Waals surface area (Å²) in [6, 6.07) is 6.99. The molecule has 0 saturated carbocycles.